The standard InChI is InChI=1S/C37H66O8/c1-3-4-5-6-7-8-12-15-18-31(39)35-23-24-36(45-35)33(41)21-20-32(40)34-22-19-29(43-34)16-13-10-9-11-14-17-30-26-28(25-27(2)38)37(42)44-30/h28-36,39-41H,3-26H2,1-2H3/t28-,29-,30+,31-,32+,33-,34-,35-,36-/m1/s1. The van der Waals surface area contributed by atoms with Crippen LogP contribution in [-0.4, -0.2) is 75.9 Å². The molecule has 3 aliphatic rings. The fourth-order valence-electron chi connectivity index (χ4n) is 7.56. The van der Waals surface area contributed by atoms with E-state index in [9.17, 15) is 24.9 Å². The Balaban J connectivity index is 1.16. The Morgan fingerprint density at radius 3 is 1.76 bits per heavy atom. The van der Waals surface area contributed by atoms with Crippen molar-refractivity contribution in [3.8, 4) is 0 Å². The molecule has 8 heteroatoms. The van der Waals surface area contributed by atoms with Gasteiger partial charge in [0, 0.05) is 6.42 Å². The van der Waals surface area contributed by atoms with E-state index in [-0.39, 0.29) is 48.2 Å². The highest BCUT2D eigenvalue weighted by Gasteiger charge is 2.36. The summed E-state index contributed by atoms with van der Waals surface area (Å²) in [6, 6.07) is 0. The van der Waals surface area contributed by atoms with Crippen molar-refractivity contribution >= 4 is 11.8 Å². The first kappa shape index (κ1) is 38.4. The van der Waals surface area contributed by atoms with Gasteiger partial charge >= 0.3 is 5.97 Å². The highest BCUT2D eigenvalue weighted by molar-refractivity contribution is 5.83. The van der Waals surface area contributed by atoms with E-state index < -0.39 is 18.3 Å². The summed E-state index contributed by atoms with van der Waals surface area (Å²) in [6.45, 7) is 3.77. The van der Waals surface area contributed by atoms with Gasteiger partial charge in [0.25, 0.3) is 0 Å². The van der Waals surface area contributed by atoms with Gasteiger partial charge in [-0.2, -0.15) is 0 Å². The zero-order chi connectivity index (χ0) is 32.4. The number of rotatable bonds is 25. The lowest BCUT2D eigenvalue weighted by Crippen LogP contribution is -2.33. The zero-order valence-electron chi connectivity index (χ0n) is 28.5. The first-order valence-corrected chi connectivity index (χ1v) is 18.8. The molecule has 0 saturated carbocycles. The van der Waals surface area contributed by atoms with Gasteiger partial charge in [0.05, 0.1) is 48.6 Å². The maximum atomic E-state index is 11.9. The number of unbranched alkanes of at least 4 members (excludes halogenated alkanes) is 11. The number of hydrogen-bond acceptors (Lipinski definition) is 8. The second-order valence-corrected chi connectivity index (χ2v) is 14.4. The third-order valence-electron chi connectivity index (χ3n) is 10.4. The van der Waals surface area contributed by atoms with Crippen LogP contribution >= 0.6 is 0 Å². The summed E-state index contributed by atoms with van der Waals surface area (Å²) in [5, 5.41) is 32.1. The average molecular weight is 639 g/mol. The van der Waals surface area contributed by atoms with Crippen molar-refractivity contribution < 1.29 is 39.1 Å². The Bertz CT molecular complexity index is 820. The number of ether oxygens (including phenoxy) is 3. The van der Waals surface area contributed by atoms with Gasteiger partial charge in [-0.3, -0.25) is 4.79 Å². The molecule has 8 nitrogen and oxygen atoms in total. The summed E-state index contributed by atoms with van der Waals surface area (Å²) in [4.78, 5) is 23.2. The van der Waals surface area contributed by atoms with Crippen molar-refractivity contribution in [1.82, 2.24) is 0 Å². The van der Waals surface area contributed by atoms with Gasteiger partial charge < -0.3 is 34.3 Å². The smallest absolute Gasteiger partial charge is 0.309 e. The normalized spacial score (nSPS) is 28.8. The molecule has 3 aliphatic heterocycles. The van der Waals surface area contributed by atoms with Crippen LogP contribution in [0.3, 0.4) is 0 Å². The van der Waals surface area contributed by atoms with E-state index in [1.807, 2.05) is 0 Å². The summed E-state index contributed by atoms with van der Waals surface area (Å²) in [6.07, 6.45) is 21.5. The number of aliphatic hydroxyl groups is 3. The molecular formula is C37H66O8. The molecule has 0 aromatic rings. The number of carbonyl (C=O) groups excluding carboxylic acids is 2. The maximum Gasteiger partial charge on any atom is 0.309 e. The van der Waals surface area contributed by atoms with Crippen LogP contribution in [0.25, 0.3) is 0 Å². The lowest BCUT2D eigenvalue weighted by Gasteiger charge is -2.24. The highest BCUT2D eigenvalue weighted by atomic mass is 16.6. The van der Waals surface area contributed by atoms with E-state index in [1.165, 1.54) is 45.4 Å². The Hall–Kier alpha value is -1.06. The number of cyclic esters (lactones) is 1. The summed E-state index contributed by atoms with van der Waals surface area (Å²) in [5.74, 6) is -0.398. The number of esters is 1. The van der Waals surface area contributed by atoms with Crippen LogP contribution in [0, 0.1) is 5.92 Å². The van der Waals surface area contributed by atoms with Gasteiger partial charge in [0.2, 0.25) is 0 Å². The van der Waals surface area contributed by atoms with Crippen LogP contribution in [0.1, 0.15) is 168 Å². The van der Waals surface area contributed by atoms with E-state index in [0.29, 0.717) is 25.7 Å². The molecule has 0 aliphatic carbocycles. The molecule has 3 saturated heterocycles. The van der Waals surface area contributed by atoms with Crippen molar-refractivity contribution in [2.24, 2.45) is 5.92 Å². The predicted molar refractivity (Wildman–Crippen MR) is 176 cm³/mol. The van der Waals surface area contributed by atoms with Crippen molar-refractivity contribution in [1.29, 1.82) is 0 Å². The number of aliphatic hydroxyl groups excluding tert-OH is 3. The van der Waals surface area contributed by atoms with Crippen molar-refractivity contribution in [3.05, 3.63) is 0 Å². The Morgan fingerprint density at radius 1 is 0.667 bits per heavy atom. The molecule has 0 unspecified atom stereocenters. The first-order chi connectivity index (χ1) is 21.8. The Labute approximate surface area is 273 Å². The lowest BCUT2D eigenvalue weighted by atomic mass is 9.96. The van der Waals surface area contributed by atoms with E-state index >= 15 is 0 Å². The summed E-state index contributed by atoms with van der Waals surface area (Å²) < 4.78 is 17.7. The second-order valence-electron chi connectivity index (χ2n) is 14.4. The molecule has 45 heavy (non-hydrogen) atoms. The fourth-order valence-corrected chi connectivity index (χ4v) is 7.56. The van der Waals surface area contributed by atoms with Crippen molar-refractivity contribution in [3.63, 3.8) is 0 Å². The van der Waals surface area contributed by atoms with Gasteiger partial charge in [0.1, 0.15) is 11.9 Å². The number of carbonyl (C=O) groups is 2. The van der Waals surface area contributed by atoms with Gasteiger partial charge in [-0.25, -0.2) is 0 Å². The molecule has 0 spiro atoms. The fraction of sp³-hybridized carbons (Fsp3) is 0.946. The lowest BCUT2D eigenvalue weighted by molar-refractivity contribution is -0.145. The van der Waals surface area contributed by atoms with Gasteiger partial charge in [0.15, 0.2) is 0 Å². The van der Waals surface area contributed by atoms with Crippen LogP contribution < -0.4 is 0 Å². The van der Waals surface area contributed by atoms with E-state index in [2.05, 4.69) is 6.92 Å². The van der Waals surface area contributed by atoms with Gasteiger partial charge in [-0.15, -0.1) is 0 Å². The summed E-state index contributed by atoms with van der Waals surface area (Å²) in [5.41, 5.74) is 0. The molecule has 3 rings (SSSR count). The third-order valence-corrected chi connectivity index (χ3v) is 10.4. The average Bonchev–Trinajstić information content (AvgIpc) is 3.77. The molecule has 9 atom stereocenters. The SMILES string of the molecule is CCCCCCCCCC[C@@H](O)[C@H]1CC[C@H]([C@H](O)CC[C@H](O)[C@H]2CC[C@@H](CCCCCCC[C@H]3C[C@@H](CC(C)=O)C(=O)O3)O2)O1. The monoisotopic (exact) mass is 638 g/mol. The molecule has 0 radical (unpaired) electrons. The largest absolute Gasteiger partial charge is 0.462 e. The summed E-state index contributed by atoms with van der Waals surface area (Å²) >= 11 is 0. The minimum atomic E-state index is -0.625. The van der Waals surface area contributed by atoms with Crippen molar-refractivity contribution in [2.75, 3.05) is 0 Å². The highest BCUT2D eigenvalue weighted by Crippen LogP contribution is 2.31. The van der Waals surface area contributed by atoms with Crippen molar-refractivity contribution in [2.45, 2.75) is 217 Å². The molecular weight excluding hydrogens is 572 g/mol. The van der Waals surface area contributed by atoms with Crippen LogP contribution in [0.2, 0.25) is 0 Å². The zero-order valence-corrected chi connectivity index (χ0v) is 28.5. The molecule has 0 amide bonds. The molecule has 3 heterocycles. The molecule has 262 valence electrons. The minimum Gasteiger partial charge on any atom is -0.462 e. The number of Topliss-reactive ketones (excluding diaryl/α,β-unsaturated/α-hetero) is 1. The molecule has 0 aromatic carbocycles. The number of hydrogen-bond donors (Lipinski definition) is 3. The van der Waals surface area contributed by atoms with E-state index in [1.54, 1.807) is 0 Å². The Kier molecular flexibility index (Phi) is 18.5. The molecule has 0 aromatic heterocycles. The molecule has 3 N–H and O–H groups in total. The molecule has 3 fully saturated rings. The van der Waals surface area contributed by atoms with Crippen LogP contribution in [0.4, 0.5) is 0 Å². The number of ketones is 1. The van der Waals surface area contributed by atoms with Gasteiger partial charge in [-0.1, -0.05) is 84.0 Å². The predicted octanol–water partition coefficient (Wildman–Crippen LogP) is 7.12. The maximum absolute atomic E-state index is 11.9. The third kappa shape index (κ3) is 14.7. The van der Waals surface area contributed by atoms with Crippen LogP contribution in [0.5, 0.6) is 0 Å². The topological polar surface area (TPSA) is 123 Å². The van der Waals surface area contributed by atoms with E-state index in [0.717, 1.165) is 89.9 Å². The van der Waals surface area contributed by atoms with Crippen LogP contribution in [-0.2, 0) is 23.8 Å². The van der Waals surface area contributed by atoms with Gasteiger partial charge in [-0.05, 0) is 77.6 Å². The van der Waals surface area contributed by atoms with Crippen LogP contribution in [0.15, 0.2) is 0 Å². The quantitative estimate of drug-likeness (QED) is 0.0714. The Morgan fingerprint density at radius 2 is 1.16 bits per heavy atom. The second kappa shape index (κ2) is 21.7. The first-order valence-electron chi connectivity index (χ1n) is 18.8. The minimum absolute atomic E-state index is 0.0249. The molecule has 0 bridgehead atoms. The summed E-state index contributed by atoms with van der Waals surface area (Å²) in [7, 11) is 0. The van der Waals surface area contributed by atoms with E-state index in [4.69, 9.17) is 14.2 Å².